The fourth-order valence-corrected chi connectivity index (χ4v) is 2.42. The van der Waals surface area contributed by atoms with Crippen LogP contribution in [-0.4, -0.2) is 5.02 Å². The Balaban J connectivity index is 5.27. The molecule has 0 bridgehead atoms. The zero-order valence-corrected chi connectivity index (χ0v) is 10.4. The van der Waals surface area contributed by atoms with Gasteiger partial charge in [-0.25, -0.2) is 0 Å². The number of rotatable bonds is 0. The van der Waals surface area contributed by atoms with E-state index in [0.717, 1.165) is 0 Å². The van der Waals surface area contributed by atoms with Crippen LogP contribution in [0.25, 0.3) is 0 Å². The van der Waals surface area contributed by atoms with Gasteiger partial charge in [0.05, 0.1) is 0 Å². The molecular weight excluding hydrogens is 184 g/mol. The van der Waals surface area contributed by atoms with Gasteiger partial charge in [0.2, 0.25) is 0 Å². The molecule has 12 heavy (non-hydrogen) atoms. The summed E-state index contributed by atoms with van der Waals surface area (Å²) in [6, 6.07) is 0. The van der Waals surface area contributed by atoms with Gasteiger partial charge >= 0.3 is 0 Å². The average Bonchev–Trinajstić information content (AvgIpc) is 1.77. The second kappa shape index (κ2) is 3.87. The molecule has 0 rings (SSSR count). The quantitative estimate of drug-likeness (QED) is 0.544. The van der Waals surface area contributed by atoms with Crippen LogP contribution >= 0.6 is 0 Å². The van der Waals surface area contributed by atoms with E-state index in [0.29, 0.717) is 0 Å². The minimum Gasteiger partial charge on any atom is -0.0557 e. The number of hydrogen-bond acceptors (Lipinski definition) is 1. The highest BCUT2D eigenvalue weighted by molar-refractivity contribution is 8.16. The van der Waals surface area contributed by atoms with Gasteiger partial charge in [0, 0.05) is 0 Å². The lowest BCUT2D eigenvalue weighted by Crippen LogP contribution is -2.22. The molecule has 0 aliphatic carbocycles. The first-order valence-corrected chi connectivity index (χ1v) is 5.86. The molecule has 0 fully saturated rings. The van der Waals surface area contributed by atoms with Crippen LogP contribution in [0.1, 0.15) is 41.5 Å². The molecule has 0 amide bonds. The Hall–Kier alpha value is 0.0900. The summed E-state index contributed by atoms with van der Waals surface area (Å²) in [6.07, 6.45) is 0. The molecule has 0 aliphatic rings. The van der Waals surface area contributed by atoms with E-state index in [2.05, 4.69) is 46.6 Å². The van der Waals surface area contributed by atoms with E-state index in [4.69, 9.17) is 11.2 Å². The normalized spacial score (nSPS) is 12.2. The number of hydrogen-bond donors (Lipinski definition) is 0. The maximum Gasteiger partial charge on any atom is -0.00333 e. The van der Waals surface area contributed by atoms with Crippen molar-refractivity contribution in [1.82, 2.24) is 0 Å². The molecule has 0 aromatic rings. The van der Waals surface area contributed by atoms with Crippen LogP contribution in [0.5, 0.6) is 0 Å². The molecule has 0 aromatic carbocycles. The summed E-state index contributed by atoms with van der Waals surface area (Å²) in [7, 11) is 1.26. The Labute approximate surface area is 84.3 Å². The molecule has 0 radical (unpaired) electrons. The zero-order valence-electron chi connectivity index (χ0n) is 8.82. The van der Waals surface area contributed by atoms with Gasteiger partial charge in [-0.05, 0) is 42.5 Å². The Kier molecular flexibility index (Phi) is 3.89. The fourth-order valence-electron chi connectivity index (χ4n) is 1.47. The summed E-state index contributed by atoms with van der Waals surface area (Å²) in [4.78, 5) is 0. The van der Waals surface area contributed by atoms with Crippen molar-refractivity contribution in [3.63, 3.8) is 0 Å². The third-order valence-corrected chi connectivity index (χ3v) is 2.18. The predicted molar refractivity (Wildman–Crippen MR) is 62.2 cm³/mol. The van der Waals surface area contributed by atoms with Crippen molar-refractivity contribution in [2.45, 2.75) is 41.5 Å². The summed E-state index contributed by atoms with van der Waals surface area (Å²) in [5.74, 6) is 0. The first kappa shape index (κ1) is 12.1. The molecule has 0 aromatic heterocycles. The second-order valence-corrected chi connectivity index (χ2v) is 5.93. The molecule has 0 nitrogen and oxygen atoms in total. The first-order valence-electron chi connectivity index (χ1n) is 4.12. The zero-order chi connectivity index (χ0) is 9.99. The van der Waals surface area contributed by atoms with Crippen LogP contribution in [0.2, 0.25) is 0 Å². The summed E-state index contributed by atoms with van der Waals surface area (Å²) < 4.78 is 0. The van der Waals surface area contributed by atoms with Crippen LogP contribution in [0.15, 0.2) is 5.57 Å². The van der Waals surface area contributed by atoms with E-state index in [1.54, 1.807) is 0 Å². The Bertz CT molecular complexity index is 222. The second-order valence-electron chi connectivity index (χ2n) is 5.06. The maximum atomic E-state index is 4.85. The van der Waals surface area contributed by atoms with Crippen LogP contribution in [0, 0.1) is 10.8 Å². The van der Waals surface area contributed by atoms with Gasteiger partial charge < -0.3 is 0 Å². The molecule has 0 aliphatic heterocycles. The third-order valence-electron chi connectivity index (χ3n) is 1.64. The van der Waals surface area contributed by atoms with Crippen molar-refractivity contribution in [3.8, 4) is 0 Å². The summed E-state index contributed by atoms with van der Waals surface area (Å²) in [5.41, 5.74) is 1.64. The van der Waals surface area contributed by atoms with Gasteiger partial charge in [-0.1, -0.05) is 41.5 Å². The molecule has 0 N–H and O–H groups in total. The van der Waals surface area contributed by atoms with Gasteiger partial charge in [0.1, 0.15) is 0 Å². The van der Waals surface area contributed by atoms with E-state index in [1.165, 1.54) is 15.5 Å². The van der Waals surface area contributed by atoms with Crippen molar-refractivity contribution >= 4 is 26.1 Å². The number of allylic oxidation sites excluding steroid dienone is 1. The minimum atomic E-state index is 0.171. The van der Waals surface area contributed by atoms with Gasteiger partial charge in [-0.15, -0.1) is 0 Å². The Morgan fingerprint density at radius 1 is 1.00 bits per heavy atom. The lowest BCUT2D eigenvalue weighted by Gasteiger charge is -2.31. The highest BCUT2D eigenvalue weighted by Crippen LogP contribution is 2.36. The molecule has 2 heteroatoms. The van der Waals surface area contributed by atoms with Crippen LogP contribution in [0.4, 0.5) is 0 Å². The Morgan fingerprint density at radius 3 is 1.42 bits per heavy atom. The topological polar surface area (TPSA) is 0 Å². The molecular formula is C10H18S2. The lowest BCUT2D eigenvalue weighted by atomic mass is 9.73. The van der Waals surface area contributed by atoms with E-state index in [1.807, 2.05) is 0 Å². The van der Waals surface area contributed by atoms with Crippen LogP contribution < -0.4 is 0 Å². The average molecular weight is 202 g/mol. The minimum absolute atomic E-state index is 0.171. The van der Waals surface area contributed by atoms with Crippen molar-refractivity contribution < 1.29 is 0 Å². The molecule has 0 saturated carbocycles. The van der Waals surface area contributed by atoms with Crippen LogP contribution in [-0.2, 0) is 21.1 Å². The van der Waals surface area contributed by atoms with Crippen molar-refractivity contribution in [2.75, 3.05) is 0 Å². The smallest absolute Gasteiger partial charge is 0.00333 e. The highest BCUT2D eigenvalue weighted by Gasteiger charge is 2.27. The molecule has 0 spiro atoms. The van der Waals surface area contributed by atoms with Crippen molar-refractivity contribution in [1.29, 1.82) is 0 Å². The Morgan fingerprint density at radius 2 is 1.33 bits per heavy atom. The van der Waals surface area contributed by atoms with E-state index >= 15 is 0 Å². The molecule has 0 unspecified atom stereocenters. The van der Waals surface area contributed by atoms with Crippen LogP contribution in [0.3, 0.4) is 0 Å². The molecule has 0 heterocycles. The summed E-state index contributed by atoms with van der Waals surface area (Å²) in [6.45, 7) is 13.2. The fraction of sp³-hybridized carbons (Fsp3) is 0.800. The molecule has 0 atom stereocenters. The molecule has 0 saturated heterocycles. The standard InChI is InChI=1S/C10H18S2/c1-9(2,3)8(7-12-11)10(4,5)6/h1-6H3. The van der Waals surface area contributed by atoms with E-state index in [9.17, 15) is 0 Å². The van der Waals surface area contributed by atoms with Gasteiger partial charge in [-0.3, -0.25) is 0 Å². The van der Waals surface area contributed by atoms with Gasteiger partial charge in [0.15, 0.2) is 0 Å². The van der Waals surface area contributed by atoms with E-state index < -0.39 is 0 Å². The molecule has 70 valence electrons. The van der Waals surface area contributed by atoms with Gasteiger partial charge in [0.25, 0.3) is 0 Å². The van der Waals surface area contributed by atoms with Crippen molar-refractivity contribution in [2.24, 2.45) is 10.8 Å². The summed E-state index contributed by atoms with van der Waals surface area (Å²) in [5, 5.41) is 3.21. The maximum absolute atomic E-state index is 4.85. The predicted octanol–water partition coefficient (Wildman–Crippen LogP) is 2.95. The van der Waals surface area contributed by atoms with E-state index in [-0.39, 0.29) is 10.8 Å². The lowest BCUT2D eigenvalue weighted by molar-refractivity contribution is 0.370. The third kappa shape index (κ3) is 3.66. The monoisotopic (exact) mass is 202 g/mol. The highest BCUT2D eigenvalue weighted by atomic mass is 32.8. The van der Waals surface area contributed by atoms with Gasteiger partial charge in [-0.2, -0.15) is 0 Å². The van der Waals surface area contributed by atoms with Crippen molar-refractivity contribution in [3.05, 3.63) is 5.57 Å². The first-order chi connectivity index (χ1) is 5.19. The largest absolute Gasteiger partial charge is 0.0557 e. The summed E-state index contributed by atoms with van der Waals surface area (Å²) >= 11 is 4.85. The SMILES string of the molecule is CC(C)(C)C(=C=S=S)C(C)(C)C.